The van der Waals surface area contributed by atoms with Gasteiger partial charge in [-0.25, -0.2) is 0 Å². The van der Waals surface area contributed by atoms with Gasteiger partial charge in [0.05, 0.1) is 13.5 Å². The number of carbonyl (C=O) groups is 2. The van der Waals surface area contributed by atoms with Gasteiger partial charge in [-0.3, -0.25) is 9.59 Å². The fraction of sp³-hybridized carbons (Fsp3) is 0.222. The van der Waals surface area contributed by atoms with Crippen LogP contribution in [0.2, 0.25) is 5.02 Å². The van der Waals surface area contributed by atoms with Crippen LogP contribution in [0.15, 0.2) is 48.5 Å². The van der Waals surface area contributed by atoms with E-state index in [0.717, 1.165) is 5.56 Å². The summed E-state index contributed by atoms with van der Waals surface area (Å²) in [7, 11) is 1.56. The number of benzene rings is 2. The predicted octanol–water partition coefficient (Wildman–Crippen LogP) is 3.46. The largest absolute Gasteiger partial charge is 0.497 e. The number of hydrogen-bond donors (Lipinski definition) is 1. The Labute approximate surface area is 145 Å². The van der Waals surface area contributed by atoms with E-state index < -0.39 is 18.0 Å². The molecule has 0 fully saturated rings. The summed E-state index contributed by atoms with van der Waals surface area (Å²) in [6.45, 7) is 1.52. The van der Waals surface area contributed by atoms with E-state index in [2.05, 4.69) is 5.32 Å². The summed E-state index contributed by atoms with van der Waals surface area (Å²) in [5, 5.41) is 3.24. The number of hydrogen-bond acceptors (Lipinski definition) is 4. The third kappa shape index (κ3) is 5.28. The summed E-state index contributed by atoms with van der Waals surface area (Å²) in [5.41, 5.74) is 1.34. The van der Waals surface area contributed by atoms with E-state index in [1.165, 1.54) is 6.92 Å². The average Bonchev–Trinajstić information content (AvgIpc) is 2.56. The normalized spacial score (nSPS) is 11.5. The van der Waals surface area contributed by atoms with Gasteiger partial charge in [-0.05, 0) is 48.9 Å². The maximum atomic E-state index is 12.0. The van der Waals surface area contributed by atoms with Gasteiger partial charge in [-0.15, -0.1) is 0 Å². The molecule has 0 saturated heterocycles. The Morgan fingerprint density at radius 2 is 1.88 bits per heavy atom. The molecule has 24 heavy (non-hydrogen) atoms. The lowest BCUT2D eigenvalue weighted by atomic mass is 10.1. The topological polar surface area (TPSA) is 64.6 Å². The molecule has 0 bridgehead atoms. The maximum absolute atomic E-state index is 12.0. The van der Waals surface area contributed by atoms with E-state index in [9.17, 15) is 9.59 Å². The highest BCUT2D eigenvalue weighted by molar-refractivity contribution is 6.30. The molecule has 2 aromatic carbocycles. The molecule has 1 N–H and O–H groups in total. The summed E-state index contributed by atoms with van der Waals surface area (Å²) < 4.78 is 10.3. The molecule has 0 saturated carbocycles. The number of rotatable bonds is 6. The van der Waals surface area contributed by atoms with Crippen molar-refractivity contribution >= 4 is 29.2 Å². The molecule has 0 spiro atoms. The van der Waals surface area contributed by atoms with E-state index in [0.29, 0.717) is 16.5 Å². The Morgan fingerprint density at radius 1 is 1.17 bits per heavy atom. The van der Waals surface area contributed by atoms with Crippen LogP contribution in [0.4, 0.5) is 5.69 Å². The summed E-state index contributed by atoms with van der Waals surface area (Å²) in [5.74, 6) is -0.229. The summed E-state index contributed by atoms with van der Waals surface area (Å²) >= 11 is 5.79. The Kier molecular flexibility index (Phi) is 6.21. The first-order chi connectivity index (χ1) is 11.5. The fourth-order valence-electron chi connectivity index (χ4n) is 2.02. The van der Waals surface area contributed by atoms with E-state index in [1.54, 1.807) is 55.6 Å². The number of methoxy groups -OCH3 is 1. The molecule has 0 radical (unpaired) electrons. The van der Waals surface area contributed by atoms with Crippen LogP contribution in [0.25, 0.3) is 0 Å². The first kappa shape index (κ1) is 17.8. The number of nitrogens with one attached hydrogen (secondary N) is 1. The van der Waals surface area contributed by atoms with E-state index in [4.69, 9.17) is 21.1 Å². The molecular formula is C18H18ClNO4. The van der Waals surface area contributed by atoms with Crippen LogP contribution in [0.5, 0.6) is 5.75 Å². The van der Waals surface area contributed by atoms with Gasteiger partial charge in [-0.1, -0.05) is 23.7 Å². The second-order valence-corrected chi connectivity index (χ2v) is 5.59. The fourth-order valence-corrected chi connectivity index (χ4v) is 2.14. The number of amides is 1. The number of anilines is 1. The third-order valence-electron chi connectivity index (χ3n) is 3.27. The standard InChI is InChI=1S/C18H18ClNO4/c1-12(18(22)20-15-8-6-14(19)7-9-15)24-17(21)11-13-4-3-5-16(10-13)23-2/h3-10,12H,11H2,1-2H3,(H,20,22)/t12-/m1/s1. The third-order valence-corrected chi connectivity index (χ3v) is 3.52. The highest BCUT2D eigenvalue weighted by Crippen LogP contribution is 2.15. The van der Waals surface area contributed by atoms with Crippen LogP contribution in [0.1, 0.15) is 12.5 Å². The molecule has 0 aromatic heterocycles. The molecule has 1 atom stereocenters. The van der Waals surface area contributed by atoms with Crippen LogP contribution in [-0.4, -0.2) is 25.1 Å². The van der Waals surface area contributed by atoms with Gasteiger partial charge < -0.3 is 14.8 Å². The molecule has 1 amide bonds. The molecule has 0 aliphatic rings. The number of esters is 1. The number of halogens is 1. The smallest absolute Gasteiger partial charge is 0.311 e. The van der Waals surface area contributed by atoms with Crippen LogP contribution >= 0.6 is 11.6 Å². The minimum atomic E-state index is -0.904. The second-order valence-electron chi connectivity index (χ2n) is 5.16. The minimum Gasteiger partial charge on any atom is -0.497 e. The van der Waals surface area contributed by atoms with Crippen LogP contribution in [0.3, 0.4) is 0 Å². The lowest BCUT2D eigenvalue weighted by Crippen LogP contribution is -2.30. The average molecular weight is 348 g/mol. The highest BCUT2D eigenvalue weighted by Gasteiger charge is 2.18. The quantitative estimate of drug-likeness (QED) is 0.813. The molecule has 5 nitrogen and oxygen atoms in total. The zero-order valence-electron chi connectivity index (χ0n) is 13.4. The summed E-state index contributed by atoms with van der Waals surface area (Å²) in [4.78, 5) is 24.0. The molecule has 0 aliphatic heterocycles. The lowest BCUT2D eigenvalue weighted by molar-refractivity contribution is -0.152. The van der Waals surface area contributed by atoms with Crippen molar-refractivity contribution in [3.8, 4) is 5.75 Å². The molecular weight excluding hydrogens is 330 g/mol. The Balaban J connectivity index is 1.88. The predicted molar refractivity (Wildman–Crippen MR) is 92.3 cm³/mol. The zero-order chi connectivity index (χ0) is 17.5. The Hall–Kier alpha value is -2.53. The molecule has 2 aromatic rings. The molecule has 2 rings (SSSR count). The Bertz CT molecular complexity index is 715. The van der Waals surface area contributed by atoms with Crippen LogP contribution in [-0.2, 0) is 20.7 Å². The monoisotopic (exact) mass is 347 g/mol. The lowest BCUT2D eigenvalue weighted by Gasteiger charge is -2.14. The van der Waals surface area contributed by atoms with Crippen molar-refractivity contribution < 1.29 is 19.1 Å². The molecule has 0 heterocycles. The summed E-state index contributed by atoms with van der Waals surface area (Å²) in [6, 6.07) is 13.8. The van der Waals surface area contributed by atoms with Crippen molar-refractivity contribution in [3.05, 3.63) is 59.1 Å². The molecule has 6 heteroatoms. The van der Waals surface area contributed by atoms with Crippen molar-refractivity contribution in [2.45, 2.75) is 19.4 Å². The van der Waals surface area contributed by atoms with Gasteiger partial charge in [0.25, 0.3) is 5.91 Å². The highest BCUT2D eigenvalue weighted by atomic mass is 35.5. The van der Waals surface area contributed by atoms with Crippen molar-refractivity contribution in [2.24, 2.45) is 0 Å². The van der Waals surface area contributed by atoms with E-state index >= 15 is 0 Å². The van der Waals surface area contributed by atoms with Gasteiger partial charge in [0.15, 0.2) is 6.10 Å². The first-order valence-electron chi connectivity index (χ1n) is 7.37. The van der Waals surface area contributed by atoms with Gasteiger partial charge in [-0.2, -0.15) is 0 Å². The van der Waals surface area contributed by atoms with Crippen molar-refractivity contribution in [1.82, 2.24) is 0 Å². The minimum absolute atomic E-state index is 0.0652. The van der Waals surface area contributed by atoms with E-state index in [1.807, 2.05) is 0 Å². The first-order valence-corrected chi connectivity index (χ1v) is 7.74. The van der Waals surface area contributed by atoms with Gasteiger partial charge >= 0.3 is 5.97 Å². The van der Waals surface area contributed by atoms with Crippen LogP contribution in [0, 0.1) is 0 Å². The van der Waals surface area contributed by atoms with Gasteiger partial charge in [0, 0.05) is 10.7 Å². The molecule has 126 valence electrons. The van der Waals surface area contributed by atoms with Crippen molar-refractivity contribution in [2.75, 3.05) is 12.4 Å². The zero-order valence-corrected chi connectivity index (χ0v) is 14.2. The van der Waals surface area contributed by atoms with Crippen molar-refractivity contribution in [1.29, 1.82) is 0 Å². The van der Waals surface area contributed by atoms with E-state index in [-0.39, 0.29) is 6.42 Å². The maximum Gasteiger partial charge on any atom is 0.311 e. The van der Waals surface area contributed by atoms with Gasteiger partial charge in [0.2, 0.25) is 0 Å². The van der Waals surface area contributed by atoms with Gasteiger partial charge in [0.1, 0.15) is 5.75 Å². The number of ether oxygens (including phenoxy) is 2. The SMILES string of the molecule is COc1cccc(CC(=O)O[C@H](C)C(=O)Nc2ccc(Cl)cc2)c1. The molecule has 0 aliphatic carbocycles. The Morgan fingerprint density at radius 3 is 2.54 bits per heavy atom. The van der Waals surface area contributed by atoms with Crippen LogP contribution < -0.4 is 10.1 Å². The second kappa shape index (κ2) is 8.36. The summed E-state index contributed by atoms with van der Waals surface area (Å²) in [6.07, 6.45) is -0.839. The van der Waals surface area contributed by atoms with Crippen molar-refractivity contribution in [3.63, 3.8) is 0 Å². The number of carbonyl (C=O) groups excluding carboxylic acids is 2. The molecule has 0 unspecified atom stereocenters.